The third kappa shape index (κ3) is 5.41. The van der Waals surface area contributed by atoms with Crippen molar-refractivity contribution < 1.29 is 4.79 Å². The van der Waals surface area contributed by atoms with E-state index in [-0.39, 0.29) is 5.91 Å². The second-order valence-corrected chi connectivity index (χ2v) is 8.04. The predicted octanol–water partition coefficient (Wildman–Crippen LogP) is 3.83. The largest absolute Gasteiger partial charge is 0.348 e. The highest BCUT2D eigenvalue weighted by Gasteiger charge is 2.17. The molecule has 1 fully saturated rings. The van der Waals surface area contributed by atoms with Gasteiger partial charge in [-0.3, -0.25) is 9.69 Å². The summed E-state index contributed by atoms with van der Waals surface area (Å²) in [6.45, 7) is 11.3. The molecule has 2 aromatic carbocycles. The van der Waals surface area contributed by atoms with Crippen LogP contribution in [0.25, 0.3) is 0 Å². The van der Waals surface area contributed by atoms with E-state index in [1.165, 1.54) is 11.1 Å². The third-order valence-corrected chi connectivity index (χ3v) is 5.79. The second-order valence-electron chi connectivity index (χ2n) is 7.12. The molecule has 1 aliphatic heterocycles. The fourth-order valence-corrected chi connectivity index (χ4v) is 4.02. The fourth-order valence-electron chi connectivity index (χ4n) is 3.54. The van der Waals surface area contributed by atoms with E-state index in [4.69, 9.17) is 0 Å². The predicted molar refractivity (Wildman–Crippen MR) is 114 cm³/mol. The maximum absolute atomic E-state index is 12.6. The standard InChI is InChI=1S/C22H28BrN3O/c1-3-25-10-12-26(13-11-25)16-19-7-5-4-6-18(19)15-24-22(27)21-9-8-20(23)14-17(21)2/h4-9,14H,3,10-13,15-16H2,1-2H3,(H,24,27). The van der Waals surface area contributed by atoms with Gasteiger partial charge in [0.05, 0.1) is 0 Å². The molecular formula is C22H28BrN3O. The van der Waals surface area contributed by atoms with Crippen LogP contribution in [0.3, 0.4) is 0 Å². The van der Waals surface area contributed by atoms with E-state index >= 15 is 0 Å². The Morgan fingerprint density at radius 1 is 1.04 bits per heavy atom. The number of aryl methyl sites for hydroxylation is 1. The molecule has 1 aliphatic rings. The van der Waals surface area contributed by atoms with E-state index in [9.17, 15) is 4.79 Å². The first-order valence-corrected chi connectivity index (χ1v) is 10.4. The van der Waals surface area contributed by atoms with Crippen LogP contribution >= 0.6 is 15.9 Å². The topological polar surface area (TPSA) is 35.6 Å². The van der Waals surface area contributed by atoms with Crippen LogP contribution in [0, 0.1) is 6.92 Å². The van der Waals surface area contributed by atoms with Gasteiger partial charge in [0, 0.05) is 49.3 Å². The van der Waals surface area contributed by atoms with Crippen LogP contribution in [0.5, 0.6) is 0 Å². The number of carbonyl (C=O) groups is 1. The second kappa shape index (κ2) is 9.49. The number of halogens is 1. The van der Waals surface area contributed by atoms with Gasteiger partial charge in [-0.1, -0.05) is 47.1 Å². The Bertz CT molecular complexity index is 785. The Morgan fingerprint density at radius 3 is 2.37 bits per heavy atom. The molecule has 0 unspecified atom stereocenters. The van der Waals surface area contributed by atoms with E-state index in [1.54, 1.807) is 0 Å². The molecule has 4 nitrogen and oxygen atoms in total. The minimum absolute atomic E-state index is 0.0219. The van der Waals surface area contributed by atoms with Gasteiger partial charge >= 0.3 is 0 Å². The van der Waals surface area contributed by atoms with Gasteiger partial charge < -0.3 is 10.2 Å². The molecular weight excluding hydrogens is 402 g/mol. The molecule has 0 atom stereocenters. The molecule has 1 saturated heterocycles. The first-order valence-electron chi connectivity index (χ1n) is 9.62. The van der Waals surface area contributed by atoms with Gasteiger partial charge in [0.1, 0.15) is 0 Å². The van der Waals surface area contributed by atoms with Gasteiger partial charge in [0.15, 0.2) is 0 Å². The van der Waals surface area contributed by atoms with E-state index in [1.807, 2.05) is 31.2 Å². The number of nitrogens with one attached hydrogen (secondary N) is 1. The monoisotopic (exact) mass is 429 g/mol. The minimum atomic E-state index is -0.0219. The molecule has 1 N–H and O–H groups in total. The average molecular weight is 430 g/mol. The van der Waals surface area contributed by atoms with Crippen molar-refractivity contribution in [2.24, 2.45) is 0 Å². The number of hydrogen-bond acceptors (Lipinski definition) is 3. The molecule has 0 spiro atoms. The lowest BCUT2D eigenvalue weighted by molar-refractivity contribution is 0.0950. The Hall–Kier alpha value is -1.69. The normalized spacial score (nSPS) is 15.7. The number of nitrogens with zero attached hydrogens (tertiary/aromatic N) is 2. The van der Waals surface area contributed by atoms with Crippen molar-refractivity contribution in [1.29, 1.82) is 0 Å². The first-order chi connectivity index (χ1) is 13.1. The molecule has 1 amide bonds. The van der Waals surface area contributed by atoms with Crippen LogP contribution in [0.2, 0.25) is 0 Å². The van der Waals surface area contributed by atoms with E-state index in [0.717, 1.165) is 54.9 Å². The number of benzene rings is 2. The lowest BCUT2D eigenvalue weighted by Crippen LogP contribution is -2.45. The molecule has 0 bridgehead atoms. The number of rotatable bonds is 6. The number of amides is 1. The average Bonchev–Trinajstić information content (AvgIpc) is 2.67. The van der Waals surface area contributed by atoms with Crippen LogP contribution in [-0.4, -0.2) is 48.4 Å². The van der Waals surface area contributed by atoms with Crippen molar-refractivity contribution in [2.45, 2.75) is 26.9 Å². The van der Waals surface area contributed by atoms with Gasteiger partial charge in [0.25, 0.3) is 5.91 Å². The quantitative estimate of drug-likeness (QED) is 0.757. The SMILES string of the molecule is CCN1CCN(Cc2ccccc2CNC(=O)c2ccc(Br)cc2C)CC1. The lowest BCUT2D eigenvalue weighted by Gasteiger charge is -2.34. The van der Waals surface area contributed by atoms with Crippen molar-refractivity contribution in [3.05, 3.63) is 69.2 Å². The van der Waals surface area contributed by atoms with Gasteiger partial charge in [-0.15, -0.1) is 0 Å². The van der Waals surface area contributed by atoms with Crippen molar-refractivity contribution >= 4 is 21.8 Å². The fraction of sp³-hybridized carbons (Fsp3) is 0.409. The van der Waals surface area contributed by atoms with Gasteiger partial charge in [-0.05, 0) is 48.4 Å². The molecule has 27 heavy (non-hydrogen) atoms. The Kier molecular flexibility index (Phi) is 7.05. The maximum Gasteiger partial charge on any atom is 0.251 e. The van der Waals surface area contributed by atoms with Crippen molar-refractivity contribution in [2.75, 3.05) is 32.7 Å². The molecule has 1 heterocycles. The van der Waals surface area contributed by atoms with E-state index in [0.29, 0.717) is 6.54 Å². The van der Waals surface area contributed by atoms with Crippen LogP contribution in [0.15, 0.2) is 46.9 Å². The van der Waals surface area contributed by atoms with Crippen molar-refractivity contribution in [3.8, 4) is 0 Å². The Morgan fingerprint density at radius 2 is 1.70 bits per heavy atom. The van der Waals surface area contributed by atoms with Crippen molar-refractivity contribution in [3.63, 3.8) is 0 Å². The van der Waals surface area contributed by atoms with Crippen LogP contribution in [0.1, 0.15) is 34.0 Å². The van der Waals surface area contributed by atoms with Gasteiger partial charge in [0.2, 0.25) is 0 Å². The maximum atomic E-state index is 12.6. The summed E-state index contributed by atoms with van der Waals surface area (Å²) in [5.41, 5.74) is 4.20. The van der Waals surface area contributed by atoms with Gasteiger partial charge in [-0.2, -0.15) is 0 Å². The van der Waals surface area contributed by atoms with E-state index < -0.39 is 0 Å². The molecule has 3 rings (SSSR count). The highest BCUT2D eigenvalue weighted by Crippen LogP contribution is 2.17. The summed E-state index contributed by atoms with van der Waals surface area (Å²) in [6.07, 6.45) is 0. The zero-order valence-corrected chi connectivity index (χ0v) is 17.8. The highest BCUT2D eigenvalue weighted by atomic mass is 79.9. The third-order valence-electron chi connectivity index (χ3n) is 5.30. The summed E-state index contributed by atoms with van der Waals surface area (Å²) < 4.78 is 0.991. The molecule has 0 saturated carbocycles. The molecule has 5 heteroatoms. The summed E-state index contributed by atoms with van der Waals surface area (Å²) in [4.78, 5) is 17.6. The molecule has 0 aromatic heterocycles. The van der Waals surface area contributed by atoms with Crippen LogP contribution < -0.4 is 5.32 Å². The smallest absolute Gasteiger partial charge is 0.251 e. The van der Waals surface area contributed by atoms with Gasteiger partial charge in [-0.25, -0.2) is 0 Å². The summed E-state index contributed by atoms with van der Waals surface area (Å²) in [5.74, 6) is -0.0219. The summed E-state index contributed by atoms with van der Waals surface area (Å²) in [6, 6.07) is 14.2. The number of hydrogen-bond donors (Lipinski definition) is 1. The Labute approximate surface area is 170 Å². The molecule has 0 radical (unpaired) electrons. The van der Waals surface area contributed by atoms with E-state index in [2.05, 4.69) is 56.2 Å². The summed E-state index contributed by atoms with van der Waals surface area (Å²) >= 11 is 3.45. The first kappa shape index (κ1) is 20.1. The number of likely N-dealkylation sites (N-methyl/N-ethyl adjacent to an activating group) is 1. The number of carbonyl (C=O) groups excluding carboxylic acids is 1. The molecule has 0 aliphatic carbocycles. The molecule has 2 aromatic rings. The number of piperazine rings is 1. The highest BCUT2D eigenvalue weighted by molar-refractivity contribution is 9.10. The lowest BCUT2D eigenvalue weighted by atomic mass is 10.1. The zero-order valence-electron chi connectivity index (χ0n) is 16.2. The van der Waals surface area contributed by atoms with Crippen LogP contribution in [0.4, 0.5) is 0 Å². The van der Waals surface area contributed by atoms with Crippen molar-refractivity contribution in [1.82, 2.24) is 15.1 Å². The molecule has 144 valence electrons. The van der Waals surface area contributed by atoms with Crippen LogP contribution in [-0.2, 0) is 13.1 Å². The Balaban J connectivity index is 1.61. The minimum Gasteiger partial charge on any atom is -0.348 e. The zero-order chi connectivity index (χ0) is 19.2. The summed E-state index contributed by atoms with van der Waals surface area (Å²) in [7, 11) is 0. The summed E-state index contributed by atoms with van der Waals surface area (Å²) in [5, 5.41) is 3.09.